The van der Waals surface area contributed by atoms with Crippen molar-refractivity contribution in [1.29, 1.82) is 0 Å². The number of nitrogens with one attached hydrogen (secondary N) is 2. The van der Waals surface area contributed by atoms with Gasteiger partial charge in [0.25, 0.3) is 0 Å². The van der Waals surface area contributed by atoms with Crippen LogP contribution in [0.5, 0.6) is 0 Å². The topological polar surface area (TPSA) is 49.8 Å². The van der Waals surface area contributed by atoms with Crippen molar-refractivity contribution in [1.82, 2.24) is 15.3 Å². The Hall–Kier alpha value is -1.68. The van der Waals surface area contributed by atoms with Crippen molar-refractivity contribution in [3.8, 4) is 0 Å². The van der Waals surface area contributed by atoms with Crippen molar-refractivity contribution >= 4 is 5.82 Å². The van der Waals surface area contributed by atoms with Crippen LogP contribution in [0.15, 0.2) is 23.3 Å². The second-order valence-electron chi connectivity index (χ2n) is 6.22. The maximum atomic E-state index is 4.58. The predicted molar refractivity (Wildman–Crippen MR) is 93.1 cm³/mol. The molecule has 4 nitrogen and oxygen atoms in total. The summed E-state index contributed by atoms with van der Waals surface area (Å²) in [5.74, 6) is 1.85. The lowest BCUT2D eigenvalue weighted by atomic mass is 10.1. The molecule has 0 saturated heterocycles. The number of hydrogen-bond donors (Lipinski definition) is 2. The van der Waals surface area contributed by atoms with Gasteiger partial charge in [0.2, 0.25) is 0 Å². The van der Waals surface area contributed by atoms with Crippen LogP contribution in [-0.2, 0) is 13.0 Å². The van der Waals surface area contributed by atoms with E-state index in [2.05, 4.69) is 53.5 Å². The van der Waals surface area contributed by atoms with Gasteiger partial charge in [-0.15, -0.1) is 0 Å². The molecule has 2 heterocycles. The fourth-order valence-corrected chi connectivity index (χ4v) is 2.64. The first-order valence-corrected chi connectivity index (χ1v) is 8.16. The van der Waals surface area contributed by atoms with Crippen LogP contribution in [0, 0.1) is 6.92 Å². The molecule has 0 aromatic carbocycles. The SMILES string of the molecule is CC(C)=CCCC(C)=CCNc1nc(C)nc2c1CCNC2. The number of fused-ring (bicyclic) bond motifs is 1. The van der Waals surface area contributed by atoms with E-state index < -0.39 is 0 Å². The summed E-state index contributed by atoms with van der Waals surface area (Å²) in [6.07, 6.45) is 7.81. The Morgan fingerprint density at radius 1 is 1.23 bits per heavy atom. The van der Waals surface area contributed by atoms with E-state index in [-0.39, 0.29) is 0 Å². The molecule has 1 aliphatic rings. The highest BCUT2D eigenvalue weighted by atomic mass is 15.0. The number of hydrogen-bond acceptors (Lipinski definition) is 4. The Balaban J connectivity index is 1.94. The van der Waals surface area contributed by atoms with Crippen LogP contribution in [-0.4, -0.2) is 23.1 Å². The molecular weight excluding hydrogens is 272 g/mol. The van der Waals surface area contributed by atoms with Crippen molar-refractivity contribution in [2.24, 2.45) is 0 Å². The average molecular weight is 300 g/mol. The van der Waals surface area contributed by atoms with Crippen LogP contribution in [0.3, 0.4) is 0 Å². The second-order valence-corrected chi connectivity index (χ2v) is 6.22. The first kappa shape index (κ1) is 16.7. The van der Waals surface area contributed by atoms with Crippen LogP contribution in [0.4, 0.5) is 5.82 Å². The van der Waals surface area contributed by atoms with E-state index in [0.29, 0.717) is 0 Å². The highest BCUT2D eigenvalue weighted by molar-refractivity contribution is 5.48. The van der Waals surface area contributed by atoms with Crippen molar-refractivity contribution in [2.75, 3.05) is 18.4 Å². The monoisotopic (exact) mass is 300 g/mol. The normalized spacial score (nSPS) is 14.5. The van der Waals surface area contributed by atoms with Gasteiger partial charge in [-0.2, -0.15) is 0 Å². The number of nitrogens with zero attached hydrogens (tertiary/aromatic N) is 2. The highest BCUT2D eigenvalue weighted by Gasteiger charge is 2.15. The Kier molecular flexibility index (Phi) is 6.13. The quantitative estimate of drug-likeness (QED) is 0.789. The van der Waals surface area contributed by atoms with Gasteiger partial charge < -0.3 is 10.6 Å². The minimum absolute atomic E-state index is 0.830. The van der Waals surface area contributed by atoms with E-state index in [1.54, 1.807) is 0 Å². The van der Waals surface area contributed by atoms with Crippen molar-refractivity contribution < 1.29 is 0 Å². The number of aromatic nitrogens is 2. The van der Waals surface area contributed by atoms with Crippen LogP contribution in [0.2, 0.25) is 0 Å². The summed E-state index contributed by atoms with van der Waals surface area (Å²) in [5, 5.41) is 6.84. The fraction of sp³-hybridized carbons (Fsp3) is 0.556. The molecule has 0 saturated carbocycles. The van der Waals surface area contributed by atoms with Gasteiger partial charge in [0.05, 0.1) is 5.69 Å². The third-order valence-corrected chi connectivity index (χ3v) is 3.86. The molecule has 1 aromatic heterocycles. The Labute approximate surface area is 134 Å². The molecule has 0 fully saturated rings. The molecule has 0 atom stereocenters. The number of anilines is 1. The van der Waals surface area contributed by atoms with E-state index in [1.165, 1.54) is 16.7 Å². The van der Waals surface area contributed by atoms with E-state index in [1.807, 2.05) is 6.92 Å². The fourth-order valence-electron chi connectivity index (χ4n) is 2.64. The van der Waals surface area contributed by atoms with Gasteiger partial charge >= 0.3 is 0 Å². The second kappa shape index (κ2) is 8.08. The molecule has 22 heavy (non-hydrogen) atoms. The maximum absolute atomic E-state index is 4.58. The first-order valence-electron chi connectivity index (χ1n) is 8.16. The molecule has 4 heteroatoms. The molecule has 0 unspecified atom stereocenters. The molecule has 120 valence electrons. The van der Waals surface area contributed by atoms with Crippen molar-refractivity contribution in [3.05, 3.63) is 40.4 Å². The minimum atomic E-state index is 0.830. The predicted octanol–water partition coefficient (Wildman–Crippen LogP) is 3.54. The molecule has 2 N–H and O–H groups in total. The number of allylic oxidation sites excluding steroid dienone is 3. The van der Waals surface area contributed by atoms with Crippen molar-refractivity contribution in [3.63, 3.8) is 0 Å². The molecule has 2 rings (SSSR count). The Morgan fingerprint density at radius 2 is 2.05 bits per heavy atom. The van der Waals surface area contributed by atoms with Gasteiger partial charge in [-0.1, -0.05) is 23.3 Å². The third-order valence-electron chi connectivity index (χ3n) is 3.86. The van der Waals surface area contributed by atoms with Crippen molar-refractivity contribution in [2.45, 2.75) is 53.5 Å². The van der Waals surface area contributed by atoms with Crippen LogP contribution >= 0.6 is 0 Å². The van der Waals surface area contributed by atoms with E-state index >= 15 is 0 Å². The first-order chi connectivity index (χ1) is 10.6. The van der Waals surface area contributed by atoms with Gasteiger partial charge in [-0.05, 0) is 53.5 Å². The maximum Gasteiger partial charge on any atom is 0.133 e. The number of rotatable bonds is 6. The minimum Gasteiger partial charge on any atom is -0.366 e. The van der Waals surface area contributed by atoms with Gasteiger partial charge in [-0.3, -0.25) is 0 Å². The summed E-state index contributed by atoms with van der Waals surface area (Å²) in [6.45, 7) is 11.1. The largest absolute Gasteiger partial charge is 0.366 e. The standard InChI is InChI=1S/C18H28N4/c1-13(2)6-5-7-14(3)8-11-20-18-16-9-10-19-12-17(16)21-15(4)22-18/h6,8,19H,5,7,9-12H2,1-4H3,(H,20,21,22). The zero-order valence-electron chi connectivity index (χ0n) is 14.3. The Bertz CT molecular complexity index is 569. The zero-order chi connectivity index (χ0) is 15.9. The summed E-state index contributed by atoms with van der Waals surface area (Å²) in [7, 11) is 0. The number of aryl methyl sites for hydroxylation is 1. The molecule has 0 radical (unpaired) electrons. The summed E-state index contributed by atoms with van der Waals surface area (Å²) in [4.78, 5) is 9.12. The molecule has 0 amide bonds. The van der Waals surface area contributed by atoms with E-state index in [0.717, 1.165) is 56.2 Å². The average Bonchev–Trinajstić information content (AvgIpc) is 2.46. The summed E-state index contributed by atoms with van der Waals surface area (Å²) >= 11 is 0. The lowest BCUT2D eigenvalue weighted by Gasteiger charge is -2.19. The smallest absolute Gasteiger partial charge is 0.133 e. The summed E-state index contributed by atoms with van der Waals surface area (Å²) < 4.78 is 0. The summed E-state index contributed by atoms with van der Waals surface area (Å²) in [5.41, 5.74) is 5.24. The lowest BCUT2D eigenvalue weighted by Crippen LogP contribution is -2.26. The molecular formula is C18H28N4. The van der Waals surface area contributed by atoms with E-state index in [4.69, 9.17) is 0 Å². The molecule has 0 bridgehead atoms. The zero-order valence-corrected chi connectivity index (χ0v) is 14.3. The molecule has 0 spiro atoms. The van der Waals surface area contributed by atoms with Gasteiger partial charge in [-0.25, -0.2) is 9.97 Å². The van der Waals surface area contributed by atoms with Gasteiger partial charge in [0.1, 0.15) is 11.6 Å². The van der Waals surface area contributed by atoms with Crippen LogP contribution < -0.4 is 10.6 Å². The van der Waals surface area contributed by atoms with Gasteiger partial charge in [0.15, 0.2) is 0 Å². The highest BCUT2D eigenvalue weighted by Crippen LogP contribution is 2.20. The third kappa shape index (κ3) is 4.95. The summed E-state index contributed by atoms with van der Waals surface area (Å²) in [6, 6.07) is 0. The lowest BCUT2D eigenvalue weighted by molar-refractivity contribution is 0.621. The van der Waals surface area contributed by atoms with E-state index in [9.17, 15) is 0 Å². The van der Waals surface area contributed by atoms with Gasteiger partial charge in [0, 0.05) is 18.7 Å². The van der Waals surface area contributed by atoms with Crippen LogP contribution in [0.1, 0.15) is 50.7 Å². The molecule has 1 aliphatic heterocycles. The molecule has 1 aromatic rings. The Morgan fingerprint density at radius 3 is 2.82 bits per heavy atom. The molecule has 0 aliphatic carbocycles. The van der Waals surface area contributed by atoms with Crippen LogP contribution in [0.25, 0.3) is 0 Å².